The van der Waals surface area contributed by atoms with Crippen LogP contribution in [-0.4, -0.2) is 29.0 Å². The third-order valence-corrected chi connectivity index (χ3v) is 3.75. The minimum Gasteiger partial charge on any atom is -0.492 e. The second-order valence-corrected chi connectivity index (χ2v) is 5.79. The van der Waals surface area contributed by atoms with Crippen molar-refractivity contribution in [3.63, 3.8) is 0 Å². The van der Waals surface area contributed by atoms with Crippen LogP contribution in [0.3, 0.4) is 0 Å². The Balaban J connectivity index is 1.38. The lowest BCUT2D eigenvalue weighted by Crippen LogP contribution is -2.28. The summed E-state index contributed by atoms with van der Waals surface area (Å²) in [6, 6.07) is 15.0. The number of halogens is 1. The molecule has 1 heterocycles. The van der Waals surface area contributed by atoms with E-state index in [0.29, 0.717) is 36.8 Å². The Morgan fingerprint density at radius 1 is 1.21 bits per heavy atom. The molecule has 6 heteroatoms. The van der Waals surface area contributed by atoms with Crippen LogP contribution in [-0.2, 0) is 11.2 Å². The molecule has 0 radical (unpaired) electrons. The first kappa shape index (κ1) is 16.3. The fraction of sp³-hybridized carbons (Fsp3) is 0.222. The van der Waals surface area contributed by atoms with E-state index in [2.05, 4.69) is 15.3 Å². The zero-order valence-electron chi connectivity index (χ0n) is 13.1. The molecular weight excluding hydrogens is 326 g/mol. The van der Waals surface area contributed by atoms with Crippen molar-refractivity contribution in [3.05, 3.63) is 59.4 Å². The summed E-state index contributed by atoms with van der Waals surface area (Å²) in [5.74, 6) is 1.49. The fourth-order valence-corrected chi connectivity index (χ4v) is 2.54. The van der Waals surface area contributed by atoms with Crippen LogP contribution in [0.1, 0.15) is 12.2 Å². The predicted molar refractivity (Wildman–Crippen MR) is 94.4 cm³/mol. The van der Waals surface area contributed by atoms with Crippen LogP contribution in [0, 0.1) is 0 Å². The summed E-state index contributed by atoms with van der Waals surface area (Å²) in [7, 11) is 0. The number of ether oxygens (including phenoxy) is 1. The predicted octanol–water partition coefficient (Wildman–Crippen LogP) is 3.34. The highest BCUT2D eigenvalue weighted by Crippen LogP contribution is 2.16. The normalized spacial score (nSPS) is 10.7. The van der Waals surface area contributed by atoms with Gasteiger partial charge in [-0.25, -0.2) is 4.98 Å². The maximum absolute atomic E-state index is 11.9. The molecule has 0 fully saturated rings. The molecule has 0 bridgehead atoms. The number of hydrogen-bond acceptors (Lipinski definition) is 3. The number of carbonyl (C=O) groups excluding carboxylic acids is 1. The molecule has 0 saturated heterocycles. The first-order valence-electron chi connectivity index (χ1n) is 7.79. The van der Waals surface area contributed by atoms with E-state index < -0.39 is 0 Å². The van der Waals surface area contributed by atoms with Gasteiger partial charge < -0.3 is 15.0 Å². The van der Waals surface area contributed by atoms with E-state index in [-0.39, 0.29) is 5.91 Å². The molecule has 0 spiro atoms. The number of aromatic amines is 1. The van der Waals surface area contributed by atoms with Crippen LogP contribution >= 0.6 is 11.6 Å². The quantitative estimate of drug-likeness (QED) is 0.646. The molecule has 5 nitrogen and oxygen atoms in total. The van der Waals surface area contributed by atoms with Gasteiger partial charge in [-0.3, -0.25) is 4.79 Å². The number of hydrogen-bond donors (Lipinski definition) is 2. The van der Waals surface area contributed by atoms with Gasteiger partial charge in [-0.05, 0) is 30.3 Å². The molecule has 0 aliphatic rings. The van der Waals surface area contributed by atoms with Crippen molar-refractivity contribution in [1.82, 2.24) is 15.3 Å². The maximum atomic E-state index is 11.9. The van der Waals surface area contributed by atoms with E-state index in [0.717, 1.165) is 16.9 Å². The van der Waals surface area contributed by atoms with Crippen molar-refractivity contribution in [2.45, 2.75) is 12.8 Å². The summed E-state index contributed by atoms with van der Waals surface area (Å²) in [6.07, 6.45) is 0.965. The van der Waals surface area contributed by atoms with Crippen molar-refractivity contribution in [3.8, 4) is 5.75 Å². The SMILES string of the molecule is O=C(CCc1nc2ccccc2[nH]1)NCCOc1cccc(Cl)c1. The molecule has 24 heavy (non-hydrogen) atoms. The van der Waals surface area contributed by atoms with Gasteiger partial charge >= 0.3 is 0 Å². The Morgan fingerprint density at radius 2 is 2.08 bits per heavy atom. The molecule has 0 unspecified atom stereocenters. The molecule has 124 valence electrons. The first-order valence-corrected chi connectivity index (χ1v) is 8.17. The van der Waals surface area contributed by atoms with Gasteiger partial charge in [-0.15, -0.1) is 0 Å². The summed E-state index contributed by atoms with van der Waals surface area (Å²) in [4.78, 5) is 19.5. The lowest BCUT2D eigenvalue weighted by atomic mass is 10.3. The van der Waals surface area contributed by atoms with Gasteiger partial charge in [0, 0.05) is 17.9 Å². The molecule has 3 rings (SSSR count). The van der Waals surface area contributed by atoms with Crippen molar-refractivity contribution < 1.29 is 9.53 Å². The first-order chi connectivity index (χ1) is 11.7. The van der Waals surface area contributed by atoms with Crippen LogP contribution in [0.25, 0.3) is 11.0 Å². The zero-order chi connectivity index (χ0) is 16.8. The van der Waals surface area contributed by atoms with E-state index in [9.17, 15) is 4.79 Å². The number of aryl methyl sites for hydroxylation is 1. The molecule has 0 aliphatic carbocycles. The van der Waals surface area contributed by atoms with Gasteiger partial charge in [0.1, 0.15) is 18.2 Å². The monoisotopic (exact) mass is 343 g/mol. The smallest absolute Gasteiger partial charge is 0.220 e. The summed E-state index contributed by atoms with van der Waals surface area (Å²) in [5, 5.41) is 3.46. The minimum absolute atomic E-state index is 0.0230. The highest BCUT2D eigenvalue weighted by Gasteiger charge is 2.06. The molecule has 2 N–H and O–H groups in total. The minimum atomic E-state index is -0.0230. The fourth-order valence-electron chi connectivity index (χ4n) is 2.36. The Morgan fingerprint density at radius 3 is 2.92 bits per heavy atom. The number of fused-ring (bicyclic) bond motifs is 1. The van der Waals surface area contributed by atoms with Gasteiger partial charge in [-0.1, -0.05) is 29.8 Å². The van der Waals surface area contributed by atoms with Crippen LogP contribution < -0.4 is 10.1 Å². The summed E-state index contributed by atoms with van der Waals surface area (Å²) in [6.45, 7) is 0.849. The third-order valence-electron chi connectivity index (χ3n) is 3.52. The van der Waals surface area contributed by atoms with Crippen molar-refractivity contribution in [1.29, 1.82) is 0 Å². The van der Waals surface area contributed by atoms with E-state index in [4.69, 9.17) is 16.3 Å². The number of nitrogens with one attached hydrogen (secondary N) is 2. The maximum Gasteiger partial charge on any atom is 0.220 e. The number of amides is 1. The Hall–Kier alpha value is -2.53. The van der Waals surface area contributed by atoms with Gasteiger partial charge in [0.15, 0.2) is 0 Å². The standard InChI is InChI=1S/C18H18ClN3O2/c19-13-4-3-5-14(12-13)24-11-10-20-18(23)9-8-17-21-15-6-1-2-7-16(15)22-17/h1-7,12H,8-11H2,(H,20,23)(H,21,22). The van der Waals surface area contributed by atoms with Crippen molar-refractivity contribution in [2.75, 3.05) is 13.2 Å². The molecule has 3 aromatic rings. The lowest BCUT2D eigenvalue weighted by Gasteiger charge is -2.07. The van der Waals surface area contributed by atoms with E-state index in [1.54, 1.807) is 12.1 Å². The molecule has 1 aromatic heterocycles. The van der Waals surface area contributed by atoms with E-state index in [1.807, 2.05) is 36.4 Å². The van der Waals surface area contributed by atoms with E-state index >= 15 is 0 Å². The molecule has 0 atom stereocenters. The Labute approximate surface area is 145 Å². The number of imidazole rings is 1. The third kappa shape index (κ3) is 4.49. The topological polar surface area (TPSA) is 67.0 Å². The van der Waals surface area contributed by atoms with Gasteiger partial charge in [0.25, 0.3) is 0 Å². The van der Waals surface area contributed by atoms with Crippen LogP contribution in [0.2, 0.25) is 5.02 Å². The number of H-pyrrole nitrogens is 1. The van der Waals surface area contributed by atoms with Crippen molar-refractivity contribution >= 4 is 28.5 Å². The second-order valence-electron chi connectivity index (χ2n) is 5.36. The number of aromatic nitrogens is 2. The Kier molecular flexibility index (Phi) is 5.33. The highest BCUT2D eigenvalue weighted by atomic mass is 35.5. The molecule has 2 aromatic carbocycles. The van der Waals surface area contributed by atoms with Crippen LogP contribution in [0.5, 0.6) is 5.75 Å². The number of para-hydroxylation sites is 2. The molecule has 1 amide bonds. The molecule has 0 aliphatic heterocycles. The summed E-state index contributed by atoms with van der Waals surface area (Å²) < 4.78 is 5.52. The number of benzene rings is 2. The zero-order valence-corrected chi connectivity index (χ0v) is 13.8. The molecular formula is C18H18ClN3O2. The summed E-state index contributed by atoms with van der Waals surface area (Å²) >= 11 is 5.88. The van der Waals surface area contributed by atoms with Crippen LogP contribution in [0.4, 0.5) is 0 Å². The van der Waals surface area contributed by atoms with Gasteiger partial charge in [0.2, 0.25) is 5.91 Å². The second kappa shape index (κ2) is 7.84. The lowest BCUT2D eigenvalue weighted by molar-refractivity contribution is -0.121. The average molecular weight is 344 g/mol. The Bertz CT molecular complexity index is 799. The summed E-state index contributed by atoms with van der Waals surface area (Å²) in [5.41, 5.74) is 1.91. The van der Waals surface area contributed by atoms with Gasteiger partial charge in [-0.2, -0.15) is 0 Å². The largest absolute Gasteiger partial charge is 0.492 e. The number of carbonyl (C=O) groups is 1. The van der Waals surface area contributed by atoms with Crippen molar-refractivity contribution in [2.24, 2.45) is 0 Å². The van der Waals surface area contributed by atoms with Gasteiger partial charge in [0.05, 0.1) is 17.6 Å². The molecule has 0 saturated carbocycles. The highest BCUT2D eigenvalue weighted by molar-refractivity contribution is 6.30. The average Bonchev–Trinajstić information content (AvgIpc) is 3.00. The van der Waals surface area contributed by atoms with E-state index in [1.165, 1.54) is 0 Å². The number of nitrogens with zero attached hydrogens (tertiary/aromatic N) is 1. The van der Waals surface area contributed by atoms with Crippen LogP contribution in [0.15, 0.2) is 48.5 Å². The number of rotatable bonds is 7.